The summed E-state index contributed by atoms with van der Waals surface area (Å²) in [5.41, 5.74) is 2.35. The number of amidine groups is 1. The van der Waals surface area contributed by atoms with Gasteiger partial charge in [0.05, 0.1) is 6.04 Å². The number of aliphatic imine (C=N–C) groups is 1. The lowest BCUT2D eigenvalue weighted by Gasteiger charge is -2.41. The molecule has 150 valence electrons. The van der Waals surface area contributed by atoms with Gasteiger partial charge in [0.1, 0.15) is 5.84 Å². The number of nitrogens with one attached hydrogen (secondary N) is 2. The molecule has 2 aliphatic heterocycles. The number of aromatic nitrogens is 2. The van der Waals surface area contributed by atoms with Gasteiger partial charge in [0.15, 0.2) is 0 Å². The molecule has 1 aromatic rings. The van der Waals surface area contributed by atoms with E-state index in [9.17, 15) is 8.42 Å². The maximum atomic E-state index is 12.6. The molecule has 0 spiro atoms. The molecule has 2 atom stereocenters. The van der Waals surface area contributed by atoms with Gasteiger partial charge in [-0.1, -0.05) is 41.5 Å². The van der Waals surface area contributed by atoms with Crippen LogP contribution in [0.5, 0.6) is 0 Å². The first kappa shape index (κ1) is 20.1. The van der Waals surface area contributed by atoms with Crippen molar-refractivity contribution in [3.05, 3.63) is 23.7 Å². The van der Waals surface area contributed by atoms with Crippen molar-refractivity contribution in [2.45, 2.75) is 72.1 Å². The fourth-order valence-corrected chi connectivity index (χ4v) is 5.31. The van der Waals surface area contributed by atoms with Crippen LogP contribution in [-0.4, -0.2) is 47.7 Å². The minimum absolute atomic E-state index is 0.0330. The molecular weight excluding hydrogens is 362 g/mol. The van der Waals surface area contributed by atoms with E-state index in [1.165, 1.54) is 23.7 Å². The largest absolute Gasteiger partial charge is 0.334 e. The van der Waals surface area contributed by atoms with Crippen LogP contribution in [0.1, 0.15) is 54.9 Å². The van der Waals surface area contributed by atoms with Gasteiger partial charge in [0.25, 0.3) is 10.0 Å². The van der Waals surface area contributed by atoms with Crippen LogP contribution in [0.25, 0.3) is 0 Å². The van der Waals surface area contributed by atoms with Crippen molar-refractivity contribution in [2.24, 2.45) is 15.8 Å². The van der Waals surface area contributed by atoms with Crippen LogP contribution in [-0.2, 0) is 10.0 Å². The molecule has 3 rings (SSSR count). The summed E-state index contributed by atoms with van der Waals surface area (Å²) in [6, 6.07) is -0.129. The molecule has 2 N–H and O–H groups in total. The molecule has 7 nitrogen and oxygen atoms in total. The molecule has 0 aromatic carbocycles. The van der Waals surface area contributed by atoms with Crippen LogP contribution >= 0.6 is 0 Å². The summed E-state index contributed by atoms with van der Waals surface area (Å²) in [6.45, 7) is 15.8. The van der Waals surface area contributed by atoms with Gasteiger partial charge >= 0.3 is 0 Å². The summed E-state index contributed by atoms with van der Waals surface area (Å²) >= 11 is 0. The highest BCUT2D eigenvalue weighted by atomic mass is 32.2. The maximum absolute atomic E-state index is 12.6. The predicted octanol–water partition coefficient (Wildman–Crippen LogP) is 2.91. The molecule has 0 saturated carbocycles. The van der Waals surface area contributed by atoms with E-state index in [0.717, 1.165) is 5.84 Å². The third-order valence-electron chi connectivity index (χ3n) is 5.00. The molecule has 0 bridgehead atoms. The Morgan fingerprint density at radius 3 is 2.37 bits per heavy atom. The topological polar surface area (TPSA) is 90.4 Å². The molecule has 1 saturated heterocycles. The van der Waals surface area contributed by atoms with Gasteiger partial charge in [0.2, 0.25) is 5.16 Å². The minimum atomic E-state index is -3.67. The Morgan fingerprint density at radius 2 is 1.85 bits per heavy atom. The number of fused-ring (bicyclic) bond motifs is 1. The first-order chi connectivity index (χ1) is 12.3. The van der Waals surface area contributed by atoms with E-state index < -0.39 is 10.0 Å². The van der Waals surface area contributed by atoms with E-state index in [1.807, 2.05) is 0 Å². The summed E-state index contributed by atoms with van der Waals surface area (Å²) in [4.78, 5) is 13.8. The highest BCUT2D eigenvalue weighted by Gasteiger charge is 2.43. The highest BCUT2D eigenvalue weighted by Crippen LogP contribution is 2.43. The number of hydrogen-bond acceptors (Lipinski definition) is 5. The summed E-state index contributed by atoms with van der Waals surface area (Å²) < 4.78 is 28.0. The third kappa shape index (κ3) is 3.82. The van der Waals surface area contributed by atoms with Crippen LogP contribution in [0.3, 0.4) is 0 Å². The Labute approximate surface area is 162 Å². The van der Waals surface area contributed by atoms with Crippen molar-refractivity contribution < 1.29 is 8.42 Å². The van der Waals surface area contributed by atoms with Crippen LogP contribution < -0.4 is 4.72 Å². The van der Waals surface area contributed by atoms with Gasteiger partial charge in [0, 0.05) is 42.5 Å². The maximum Gasteiger partial charge on any atom is 0.274 e. The summed E-state index contributed by atoms with van der Waals surface area (Å²) in [7, 11) is -3.67. The Bertz CT molecular complexity index is 870. The van der Waals surface area contributed by atoms with Gasteiger partial charge in [-0.2, -0.15) is 0 Å². The van der Waals surface area contributed by atoms with Gasteiger partial charge in [-0.25, -0.2) is 18.1 Å². The second-order valence-electron chi connectivity index (χ2n) is 9.52. The molecule has 27 heavy (non-hydrogen) atoms. The van der Waals surface area contributed by atoms with Crippen molar-refractivity contribution in [3.8, 4) is 0 Å². The van der Waals surface area contributed by atoms with E-state index in [0.29, 0.717) is 13.0 Å². The fourth-order valence-electron chi connectivity index (χ4n) is 4.18. The third-order valence-corrected chi connectivity index (χ3v) is 6.37. The molecule has 0 radical (unpaired) electrons. The Hall–Kier alpha value is -1.67. The van der Waals surface area contributed by atoms with Crippen LogP contribution in [0, 0.1) is 10.8 Å². The van der Waals surface area contributed by atoms with Crippen molar-refractivity contribution in [2.75, 3.05) is 6.54 Å². The van der Waals surface area contributed by atoms with Gasteiger partial charge < -0.3 is 9.88 Å². The highest BCUT2D eigenvalue weighted by molar-refractivity contribution is 7.89. The normalized spacial score (nSPS) is 24.3. The quantitative estimate of drug-likeness (QED) is 0.826. The molecule has 3 heterocycles. The number of sulfonamides is 1. The number of aromatic amines is 1. The van der Waals surface area contributed by atoms with Crippen LogP contribution in [0.4, 0.5) is 0 Å². The van der Waals surface area contributed by atoms with E-state index in [4.69, 9.17) is 4.99 Å². The zero-order chi connectivity index (χ0) is 20.2. The minimum Gasteiger partial charge on any atom is -0.334 e. The number of nitrogens with zero attached hydrogens (tertiary/aromatic N) is 3. The Morgan fingerprint density at radius 1 is 1.19 bits per heavy atom. The van der Waals surface area contributed by atoms with Crippen molar-refractivity contribution in [3.63, 3.8) is 0 Å². The van der Waals surface area contributed by atoms with Crippen LogP contribution in [0.2, 0.25) is 0 Å². The second kappa shape index (κ2) is 6.44. The SMILES string of the molecule is C[C@@H]1N=C(C(C)(C)C)N2C[C@@H](NS(=O)(=O)c3ncc[nH]3)CC2=C1C(C)(C)C. The monoisotopic (exact) mass is 393 g/mol. The van der Waals surface area contributed by atoms with Gasteiger partial charge in [-0.05, 0) is 17.9 Å². The molecule has 0 amide bonds. The van der Waals surface area contributed by atoms with Gasteiger partial charge in [-0.15, -0.1) is 0 Å². The second-order valence-corrected chi connectivity index (χ2v) is 11.1. The Kier molecular flexibility index (Phi) is 4.79. The predicted molar refractivity (Wildman–Crippen MR) is 107 cm³/mol. The molecular formula is C19H31N5O2S. The van der Waals surface area contributed by atoms with Crippen LogP contribution in [0.15, 0.2) is 33.8 Å². The zero-order valence-corrected chi connectivity index (χ0v) is 18.1. The first-order valence-electron chi connectivity index (χ1n) is 9.42. The number of hydrogen-bond donors (Lipinski definition) is 2. The molecule has 2 aliphatic rings. The van der Waals surface area contributed by atoms with E-state index in [-0.39, 0.29) is 28.1 Å². The lowest BCUT2D eigenvalue weighted by Crippen LogP contribution is -2.45. The number of H-pyrrole nitrogens is 1. The van der Waals surface area contributed by atoms with E-state index >= 15 is 0 Å². The first-order valence-corrected chi connectivity index (χ1v) is 10.9. The van der Waals surface area contributed by atoms with Crippen molar-refractivity contribution in [1.29, 1.82) is 0 Å². The van der Waals surface area contributed by atoms with Gasteiger partial charge in [-0.3, -0.25) is 4.99 Å². The fraction of sp³-hybridized carbons (Fsp3) is 0.684. The smallest absolute Gasteiger partial charge is 0.274 e. The Balaban J connectivity index is 1.97. The number of rotatable bonds is 3. The van der Waals surface area contributed by atoms with E-state index in [1.54, 1.807) is 0 Å². The molecule has 0 aliphatic carbocycles. The standard InChI is InChI=1S/C19H31N5O2S/c1-12-15(18(2,3)4)14-10-13(11-24(14)16(22-12)19(5,6)7)23-27(25,26)17-20-8-9-21-17/h8-9,12-13,23H,10-11H2,1-7H3,(H,20,21)/t12-,13-/m0/s1. The summed E-state index contributed by atoms with van der Waals surface area (Å²) in [5.74, 6) is 1.03. The lowest BCUT2D eigenvalue weighted by molar-refractivity contribution is 0.393. The summed E-state index contributed by atoms with van der Waals surface area (Å²) in [5, 5.41) is -0.0459. The molecule has 0 unspecified atom stereocenters. The average molecular weight is 394 g/mol. The molecule has 1 fully saturated rings. The zero-order valence-electron chi connectivity index (χ0n) is 17.3. The summed E-state index contributed by atoms with van der Waals surface area (Å²) in [6.07, 6.45) is 3.61. The lowest BCUT2D eigenvalue weighted by atomic mass is 9.79. The number of imidazole rings is 1. The van der Waals surface area contributed by atoms with Crippen molar-refractivity contribution in [1.82, 2.24) is 19.6 Å². The van der Waals surface area contributed by atoms with Crippen molar-refractivity contribution >= 4 is 15.9 Å². The molecule has 8 heteroatoms. The molecule has 1 aromatic heterocycles. The van der Waals surface area contributed by atoms with E-state index in [2.05, 4.69) is 68.1 Å². The average Bonchev–Trinajstić information content (AvgIpc) is 3.12.